The summed E-state index contributed by atoms with van der Waals surface area (Å²) in [6.45, 7) is 2.25. The first-order chi connectivity index (χ1) is 8.15. The maximum atomic E-state index is 10.2. The highest BCUT2D eigenvalue weighted by atomic mass is 16.5. The molecule has 0 heterocycles. The Kier molecular flexibility index (Phi) is 2.44. The number of fused-ring (bicyclic) bond motifs is 3. The number of ether oxygens (including phenoxy) is 1. The zero-order valence-corrected chi connectivity index (χ0v) is 10.6. The lowest BCUT2D eigenvalue weighted by Gasteiger charge is -2.40. The van der Waals surface area contributed by atoms with Crippen LogP contribution in [0, 0.1) is 5.41 Å². The summed E-state index contributed by atoms with van der Waals surface area (Å²) in [5.74, 6) is 1.48. The van der Waals surface area contributed by atoms with Gasteiger partial charge in [0.15, 0.2) is 0 Å². The molecule has 92 valence electrons. The lowest BCUT2D eigenvalue weighted by Crippen LogP contribution is -2.35. The van der Waals surface area contributed by atoms with Crippen molar-refractivity contribution >= 4 is 0 Å². The number of aliphatic hydroxyl groups excluding tert-OH is 1. The van der Waals surface area contributed by atoms with E-state index in [1.54, 1.807) is 7.11 Å². The van der Waals surface area contributed by atoms with Crippen LogP contribution >= 0.6 is 0 Å². The third kappa shape index (κ3) is 1.50. The Morgan fingerprint density at radius 1 is 1.35 bits per heavy atom. The van der Waals surface area contributed by atoms with Crippen molar-refractivity contribution < 1.29 is 9.84 Å². The molecule has 0 radical (unpaired) electrons. The number of hydrogen-bond donors (Lipinski definition) is 1. The lowest BCUT2D eigenvalue weighted by molar-refractivity contribution is 0.0457. The predicted molar refractivity (Wildman–Crippen MR) is 67.4 cm³/mol. The SMILES string of the molecule is COc1ccc2c(c1)CC[C@]1(C)[C@@H](O)CC[C@@H]21. The van der Waals surface area contributed by atoms with Crippen LogP contribution in [0.1, 0.15) is 43.2 Å². The third-order valence-corrected chi connectivity index (χ3v) is 4.94. The smallest absolute Gasteiger partial charge is 0.119 e. The molecular formula is C15H20O2. The summed E-state index contributed by atoms with van der Waals surface area (Å²) in [6.07, 6.45) is 4.11. The second kappa shape index (κ2) is 3.74. The van der Waals surface area contributed by atoms with Crippen molar-refractivity contribution in [2.45, 2.75) is 44.6 Å². The minimum atomic E-state index is -0.122. The maximum absolute atomic E-state index is 10.2. The Balaban J connectivity index is 2.04. The summed E-state index contributed by atoms with van der Waals surface area (Å²) in [7, 11) is 1.72. The molecule has 0 aromatic heterocycles. The van der Waals surface area contributed by atoms with Crippen LogP contribution in [-0.2, 0) is 6.42 Å². The summed E-state index contributed by atoms with van der Waals surface area (Å²) in [5, 5.41) is 10.2. The summed E-state index contributed by atoms with van der Waals surface area (Å²) < 4.78 is 5.29. The van der Waals surface area contributed by atoms with Crippen LogP contribution in [0.5, 0.6) is 5.75 Å². The highest BCUT2D eigenvalue weighted by Crippen LogP contribution is 2.55. The molecule has 2 aliphatic rings. The van der Waals surface area contributed by atoms with E-state index in [-0.39, 0.29) is 11.5 Å². The Hall–Kier alpha value is -1.02. The van der Waals surface area contributed by atoms with E-state index in [4.69, 9.17) is 4.74 Å². The van der Waals surface area contributed by atoms with E-state index in [2.05, 4.69) is 25.1 Å². The fourth-order valence-electron chi connectivity index (χ4n) is 3.74. The zero-order valence-electron chi connectivity index (χ0n) is 10.6. The molecule has 1 fully saturated rings. The fraction of sp³-hybridized carbons (Fsp3) is 0.600. The molecular weight excluding hydrogens is 212 g/mol. The van der Waals surface area contributed by atoms with Crippen LogP contribution in [-0.4, -0.2) is 18.3 Å². The normalized spacial score (nSPS) is 35.2. The van der Waals surface area contributed by atoms with Gasteiger partial charge in [0.1, 0.15) is 5.75 Å². The number of methoxy groups -OCH3 is 1. The monoisotopic (exact) mass is 232 g/mol. The average molecular weight is 232 g/mol. The van der Waals surface area contributed by atoms with Gasteiger partial charge in [-0.25, -0.2) is 0 Å². The molecule has 1 aromatic carbocycles. The molecule has 2 aliphatic carbocycles. The van der Waals surface area contributed by atoms with Gasteiger partial charge in [-0.1, -0.05) is 13.0 Å². The summed E-state index contributed by atoms with van der Waals surface area (Å²) in [6, 6.07) is 6.42. The second-order valence-electron chi connectivity index (χ2n) is 5.72. The molecule has 0 bridgehead atoms. The van der Waals surface area contributed by atoms with E-state index in [0.717, 1.165) is 31.4 Å². The van der Waals surface area contributed by atoms with E-state index >= 15 is 0 Å². The van der Waals surface area contributed by atoms with Crippen molar-refractivity contribution in [2.24, 2.45) is 5.41 Å². The van der Waals surface area contributed by atoms with Gasteiger partial charge in [0.05, 0.1) is 13.2 Å². The Morgan fingerprint density at radius 3 is 2.94 bits per heavy atom. The third-order valence-electron chi connectivity index (χ3n) is 4.94. The quantitative estimate of drug-likeness (QED) is 0.806. The number of benzene rings is 1. The summed E-state index contributed by atoms with van der Waals surface area (Å²) >= 11 is 0. The van der Waals surface area contributed by atoms with Crippen LogP contribution in [0.3, 0.4) is 0 Å². The topological polar surface area (TPSA) is 29.5 Å². The molecule has 2 heteroatoms. The van der Waals surface area contributed by atoms with E-state index in [0.29, 0.717) is 5.92 Å². The molecule has 0 spiro atoms. The van der Waals surface area contributed by atoms with Crippen molar-refractivity contribution in [3.8, 4) is 5.75 Å². The van der Waals surface area contributed by atoms with Crippen molar-refractivity contribution in [3.05, 3.63) is 29.3 Å². The molecule has 1 aromatic rings. The average Bonchev–Trinajstić information content (AvgIpc) is 2.65. The molecule has 0 amide bonds. The number of aliphatic hydroxyl groups is 1. The lowest BCUT2D eigenvalue weighted by atomic mass is 9.66. The van der Waals surface area contributed by atoms with Gasteiger partial charge in [-0.05, 0) is 54.9 Å². The number of aryl methyl sites for hydroxylation is 1. The predicted octanol–water partition coefficient (Wildman–Crippen LogP) is 2.89. The van der Waals surface area contributed by atoms with Gasteiger partial charge in [-0.3, -0.25) is 0 Å². The zero-order chi connectivity index (χ0) is 12.0. The second-order valence-corrected chi connectivity index (χ2v) is 5.72. The van der Waals surface area contributed by atoms with Crippen LogP contribution in [0.25, 0.3) is 0 Å². The first kappa shape index (κ1) is 11.1. The standard InChI is InChI=1S/C15H20O2/c1-15-8-7-10-9-11(17-2)3-4-12(10)13(15)5-6-14(15)16/h3-4,9,13-14,16H,5-8H2,1-2H3/t13-,14-,15-/m0/s1. The molecule has 3 rings (SSSR count). The number of hydrogen-bond acceptors (Lipinski definition) is 2. The highest BCUT2D eigenvalue weighted by Gasteiger charge is 2.48. The van der Waals surface area contributed by atoms with Crippen LogP contribution in [0.2, 0.25) is 0 Å². The Bertz CT molecular complexity index is 441. The van der Waals surface area contributed by atoms with Crippen LogP contribution < -0.4 is 4.74 Å². The Morgan fingerprint density at radius 2 is 2.18 bits per heavy atom. The van der Waals surface area contributed by atoms with Gasteiger partial charge in [-0.15, -0.1) is 0 Å². The van der Waals surface area contributed by atoms with E-state index in [1.807, 2.05) is 0 Å². The highest BCUT2D eigenvalue weighted by molar-refractivity contribution is 5.41. The van der Waals surface area contributed by atoms with Crippen molar-refractivity contribution in [3.63, 3.8) is 0 Å². The molecule has 2 nitrogen and oxygen atoms in total. The van der Waals surface area contributed by atoms with Crippen molar-refractivity contribution in [2.75, 3.05) is 7.11 Å². The molecule has 1 saturated carbocycles. The Labute approximate surface area is 103 Å². The van der Waals surface area contributed by atoms with E-state index in [1.165, 1.54) is 11.1 Å². The molecule has 1 N–H and O–H groups in total. The fourth-order valence-corrected chi connectivity index (χ4v) is 3.74. The van der Waals surface area contributed by atoms with Gasteiger partial charge >= 0.3 is 0 Å². The largest absolute Gasteiger partial charge is 0.497 e. The molecule has 0 saturated heterocycles. The maximum Gasteiger partial charge on any atom is 0.119 e. The van der Waals surface area contributed by atoms with E-state index < -0.39 is 0 Å². The molecule has 0 unspecified atom stereocenters. The minimum absolute atomic E-state index is 0.0988. The first-order valence-corrected chi connectivity index (χ1v) is 6.50. The minimum Gasteiger partial charge on any atom is -0.497 e. The van der Waals surface area contributed by atoms with E-state index in [9.17, 15) is 5.11 Å². The van der Waals surface area contributed by atoms with Gasteiger partial charge in [0, 0.05) is 5.41 Å². The van der Waals surface area contributed by atoms with Crippen LogP contribution in [0.4, 0.5) is 0 Å². The molecule has 3 atom stereocenters. The summed E-state index contributed by atoms with van der Waals surface area (Å²) in [4.78, 5) is 0. The molecule has 0 aliphatic heterocycles. The van der Waals surface area contributed by atoms with Crippen molar-refractivity contribution in [1.82, 2.24) is 0 Å². The van der Waals surface area contributed by atoms with Crippen LogP contribution in [0.15, 0.2) is 18.2 Å². The van der Waals surface area contributed by atoms with Gasteiger partial charge < -0.3 is 9.84 Å². The van der Waals surface area contributed by atoms with Crippen molar-refractivity contribution in [1.29, 1.82) is 0 Å². The first-order valence-electron chi connectivity index (χ1n) is 6.50. The van der Waals surface area contributed by atoms with Gasteiger partial charge in [0.2, 0.25) is 0 Å². The van der Waals surface area contributed by atoms with Gasteiger partial charge in [0.25, 0.3) is 0 Å². The summed E-state index contributed by atoms with van der Waals surface area (Å²) in [5.41, 5.74) is 2.96. The van der Waals surface area contributed by atoms with Gasteiger partial charge in [-0.2, -0.15) is 0 Å². The molecule has 17 heavy (non-hydrogen) atoms. The number of rotatable bonds is 1.